The van der Waals surface area contributed by atoms with Crippen molar-refractivity contribution in [3.05, 3.63) is 34.5 Å². The molecule has 2 N–H and O–H groups in total. The van der Waals surface area contributed by atoms with E-state index in [0.29, 0.717) is 41.6 Å². The van der Waals surface area contributed by atoms with E-state index in [9.17, 15) is 9.59 Å². The van der Waals surface area contributed by atoms with Gasteiger partial charge in [-0.2, -0.15) is 5.10 Å². The molecular weight excluding hydrogens is 330 g/mol. The molecule has 0 radical (unpaired) electrons. The smallest absolute Gasteiger partial charge is 0.252 e. The minimum atomic E-state index is -0.564. The maximum absolute atomic E-state index is 12.0. The highest BCUT2D eigenvalue weighted by atomic mass is 35.5. The summed E-state index contributed by atoms with van der Waals surface area (Å²) in [6.07, 6.45) is 0.768. The Hall–Kier alpha value is -2.54. The predicted octanol–water partition coefficient (Wildman–Crippen LogP) is 1.34. The Morgan fingerprint density at radius 1 is 1.33 bits per heavy atom. The first-order valence-electron chi connectivity index (χ1n) is 7.48. The van der Waals surface area contributed by atoms with Gasteiger partial charge in [-0.3, -0.25) is 14.3 Å². The van der Waals surface area contributed by atoms with Crippen molar-refractivity contribution in [1.82, 2.24) is 14.7 Å². The van der Waals surface area contributed by atoms with E-state index in [1.54, 1.807) is 15.6 Å². The van der Waals surface area contributed by atoms with Crippen molar-refractivity contribution in [2.45, 2.75) is 13.1 Å². The van der Waals surface area contributed by atoms with E-state index >= 15 is 0 Å². The largest absolute Gasteiger partial charge is 0.378 e. The number of carbonyl (C=O) groups excluding carboxylic acids is 2. The average molecular weight is 348 g/mol. The molecule has 1 aromatic carbocycles. The van der Waals surface area contributed by atoms with Gasteiger partial charge in [-0.15, -0.1) is 0 Å². The molecule has 8 heteroatoms. The van der Waals surface area contributed by atoms with E-state index in [1.165, 1.54) is 0 Å². The first-order valence-corrected chi connectivity index (χ1v) is 7.85. The highest BCUT2D eigenvalue weighted by molar-refractivity contribution is 6.31. The third-order valence-corrected chi connectivity index (χ3v) is 4.30. The fraction of sp³-hybridized carbons (Fsp3) is 0.312. The van der Waals surface area contributed by atoms with Gasteiger partial charge in [0.15, 0.2) is 0 Å². The number of primary amides is 1. The zero-order chi connectivity index (χ0) is 17.4. The molecule has 0 aliphatic carbocycles. The second kappa shape index (κ2) is 6.16. The van der Waals surface area contributed by atoms with Crippen LogP contribution in [-0.4, -0.2) is 47.6 Å². The molecule has 0 fully saturated rings. The van der Waals surface area contributed by atoms with Crippen LogP contribution in [0.5, 0.6) is 0 Å². The lowest BCUT2D eigenvalue weighted by Crippen LogP contribution is -2.34. The van der Waals surface area contributed by atoms with Gasteiger partial charge in [0.05, 0.1) is 24.3 Å². The lowest BCUT2D eigenvalue weighted by Gasteiger charge is -2.24. The van der Waals surface area contributed by atoms with Crippen molar-refractivity contribution in [3.63, 3.8) is 0 Å². The maximum atomic E-state index is 12.0. The molecule has 7 nitrogen and oxygen atoms in total. The van der Waals surface area contributed by atoms with E-state index in [4.69, 9.17) is 17.3 Å². The van der Waals surface area contributed by atoms with Crippen molar-refractivity contribution in [2.75, 3.05) is 25.5 Å². The number of benzene rings is 1. The van der Waals surface area contributed by atoms with E-state index in [2.05, 4.69) is 5.10 Å². The van der Waals surface area contributed by atoms with Crippen molar-refractivity contribution in [3.8, 4) is 11.3 Å². The zero-order valence-electron chi connectivity index (χ0n) is 13.5. The first-order chi connectivity index (χ1) is 11.4. The van der Waals surface area contributed by atoms with Crippen LogP contribution in [0.15, 0.2) is 18.2 Å². The minimum absolute atomic E-state index is 0.315. The highest BCUT2D eigenvalue weighted by Gasteiger charge is 2.27. The Labute approximate surface area is 144 Å². The molecule has 24 heavy (non-hydrogen) atoms. The van der Waals surface area contributed by atoms with Crippen molar-refractivity contribution in [1.29, 1.82) is 0 Å². The summed E-state index contributed by atoms with van der Waals surface area (Å²) in [6, 6.07) is 5.50. The number of hydrogen-bond acceptors (Lipinski definition) is 4. The van der Waals surface area contributed by atoms with Gasteiger partial charge in [-0.25, -0.2) is 0 Å². The number of nitrogens with zero attached hydrogens (tertiary/aromatic N) is 4. The molecule has 1 aliphatic heterocycles. The van der Waals surface area contributed by atoms with Gasteiger partial charge in [-0.05, 0) is 18.2 Å². The van der Waals surface area contributed by atoms with E-state index in [1.807, 2.05) is 31.1 Å². The van der Waals surface area contributed by atoms with E-state index in [0.717, 1.165) is 17.7 Å². The lowest BCUT2D eigenvalue weighted by molar-refractivity contribution is -0.119. The van der Waals surface area contributed by atoms with Crippen LogP contribution in [0, 0.1) is 0 Å². The normalized spacial score (nSPS) is 13.5. The number of hydrogen-bond donors (Lipinski definition) is 1. The van der Waals surface area contributed by atoms with Crippen LogP contribution in [-0.2, 0) is 17.9 Å². The molecule has 126 valence electrons. The summed E-state index contributed by atoms with van der Waals surface area (Å²) < 4.78 is 1.74. The molecule has 0 unspecified atom stereocenters. The van der Waals surface area contributed by atoms with Crippen LogP contribution < -0.4 is 10.6 Å². The summed E-state index contributed by atoms with van der Waals surface area (Å²) in [5.74, 6) is -0.564. The van der Waals surface area contributed by atoms with E-state index in [-0.39, 0.29) is 0 Å². The van der Waals surface area contributed by atoms with Gasteiger partial charge < -0.3 is 15.5 Å². The van der Waals surface area contributed by atoms with Crippen LogP contribution in [0.4, 0.5) is 5.69 Å². The molecule has 0 bridgehead atoms. The average Bonchev–Trinajstić information content (AvgIpc) is 2.92. The van der Waals surface area contributed by atoms with Gasteiger partial charge in [0, 0.05) is 36.9 Å². The number of fused-ring (bicyclic) bond motifs is 1. The molecule has 1 aromatic heterocycles. The monoisotopic (exact) mass is 347 g/mol. The highest BCUT2D eigenvalue weighted by Crippen LogP contribution is 2.32. The number of amides is 2. The fourth-order valence-corrected chi connectivity index (χ4v) is 3.09. The molecule has 1 aliphatic rings. The lowest BCUT2D eigenvalue weighted by atomic mass is 10.0. The third-order valence-electron chi connectivity index (χ3n) is 4.08. The Balaban J connectivity index is 2.17. The van der Waals surface area contributed by atoms with Crippen LogP contribution >= 0.6 is 11.6 Å². The number of aromatic nitrogens is 2. The molecule has 2 heterocycles. The van der Waals surface area contributed by atoms with Crippen LogP contribution in [0.1, 0.15) is 16.1 Å². The maximum Gasteiger partial charge on any atom is 0.252 e. The Morgan fingerprint density at radius 2 is 2.08 bits per heavy atom. The van der Waals surface area contributed by atoms with Crippen LogP contribution in [0.3, 0.4) is 0 Å². The summed E-state index contributed by atoms with van der Waals surface area (Å²) >= 11 is 6.22. The van der Waals surface area contributed by atoms with E-state index < -0.39 is 5.91 Å². The van der Waals surface area contributed by atoms with Crippen molar-refractivity contribution in [2.24, 2.45) is 5.73 Å². The van der Waals surface area contributed by atoms with Crippen LogP contribution in [0.2, 0.25) is 5.02 Å². The SMILES string of the molecule is CN(C)c1cc(Cl)cc(-c2nn3c(c2C(N)=O)CN(C=O)CC3)c1. The molecule has 0 spiro atoms. The first kappa shape index (κ1) is 16.3. The third kappa shape index (κ3) is 2.82. The molecule has 2 amide bonds. The van der Waals surface area contributed by atoms with Gasteiger partial charge >= 0.3 is 0 Å². The molecule has 0 saturated heterocycles. The number of nitrogens with two attached hydrogens (primary N) is 1. The summed E-state index contributed by atoms with van der Waals surface area (Å²) in [5.41, 5.74) is 8.71. The number of rotatable bonds is 4. The van der Waals surface area contributed by atoms with Crippen LogP contribution in [0.25, 0.3) is 11.3 Å². The summed E-state index contributed by atoms with van der Waals surface area (Å²) in [6.45, 7) is 1.39. The summed E-state index contributed by atoms with van der Waals surface area (Å²) in [4.78, 5) is 26.6. The molecular formula is C16H18ClN5O2. The number of halogens is 1. The second-order valence-corrected chi connectivity index (χ2v) is 6.36. The predicted molar refractivity (Wildman–Crippen MR) is 92.0 cm³/mol. The summed E-state index contributed by atoms with van der Waals surface area (Å²) in [7, 11) is 3.81. The zero-order valence-corrected chi connectivity index (χ0v) is 14.2. The Bertz CT molecular complexity index is 815. The number of anilines is 1. The Kier molecular flexibility index (Phi) is 4.19. The van der Waals surface area contributed by atoms with Gasteiger partial charge in [0.1, 0.15) is 5.69 Å². The second-order valence-electron chi connectivity index (χ2n) is 5.93. The molecule has 2 aromatic rings. The van der Waals surface area contributed by atoms with Crippen molar-refractivity contribution >= 4 is 29.6 Å². The fourth-order valence-electron chi connectivity index (χ4n) is 2.86. The molecule has 3 rings (SSSR count). The topological polar surface area (TPSA) is 84.5 Å². The molecule has 0 atom stereocenters. The minimum Gasteiger partial charge on any atom is -0.378 e. The van der Waals surface area contributed by atoms with Gasteiger partial charge in [0.25, 0.3) is 5.91 Å². The summed E-state index contributed by atoms with van der Waals surface area (Å²) in [5, 5.41) is 5.10. The Morgan fingerprint density at radius 3 is 2.71 bits per heavy atom. The van der Waals surface area contributed by atoms with Gasteiger partial charge in [0.2, 0.25) is 6.41 Å². The quantitative estimate of drug-likeness (QED) is 0.846. The standard InChI is InChI=1S/C16H18ClN5O2/c1-20(2)12-6-10(5-11(17)7-12)15-14(16(18)24)13-8-21(9-23)3-4-22(13)19-15/h5-7,9H,3-4,8H2,1-2H3,(H2,18,24). The molecule has 0 saturated carbocycles. The van der Waals surface area contributed by atoms with Gasteiger partial charge in [-0.1, -0.05) is 11.6 Å². The number of carbonyl (C=O) groups is 2. The van der Waals surface area contributed by atoms with Crippen molar-refractivity contribution < 1.29 is 9.59 Å².